The van der Waals surface area contributed by atoms with Crippen molar-refractivity contribution in [2.24, 2.45) is 0 Å². The zero-order chi connectivity index (χ0) is 20.1. The molecule has 4 nitrogen and oxygen atoms in total. The Hall–Kier alpha value is -2.04. The summed E-state index contributed by atoms with van der Waals surface area (Å²) in [5.41, 5.74) is 2.91. The minimum Gasteiger partial charge on any atom is -0.491 e. The minimum absolute atomic E-state index is 0.313. The molecule has 2 aliphatic rings. The Morgan fingerprint density at radius 3 is 1.97 bits per heavy atom. The Kier molecular flexibility index (Phi) is 6.41. The van der Waals surface area contributed by atoms with Gasteiger partial charge in [0.25, 0.3) is 0 Å². The monoisotopic (exact) mass is 394 g/mol. The van der Waals surface area contributed by atoms with Crippen LogP contribution in [0.4, 0.5) is 5.69 Å². The van der Waals surface area contributed by atoms with Crippen LogP contribution in [0.25, 0.3) is 11.1 Å². The number of likely N-dealkylation sites (tertiary alicyclic amines) is 1. The maximum absolute atomic E-state index is 10.6. The predicted octanol–water partition coefficient (Wildman–Crippen LogP) is 4.57. The molecule has 2 aliphatic heterocycles. The molecule has 0 bridgehead atoms. The van der Waals surface area contributed by atoms with Crippen molar-refractivity contribution in [1.82, 2.24) is 4.90 Å². The van der Waals surface area contributed by atoms with Crippen LogP contribution in [0, 0.1) is 0 Å². The third kappa shape index (κ3) is 5.52. The number of ether oxygens (including phenoxy) is 1. The minimum atomic E-state index is -0.826. The van der Waals surface area contributed by atoms with Crippen LogP contribution in [-0.2, 0) is 0 Å². The highest BCUT2D eigenvalue weighted by molar-refractivity contribution is 5.67. The van der Waals surface area contributed by atoms with Crippen LogP contribution in [-0.4, -0.2) is 54.9 Å². The van der Waals surface area contributed by atoms with Crippen molar-refractivity contribution in [2.45, 2.75) is 44.6 Å². The molecular formula is C25H34N2O2. The van der Waals surface area contributed by atoms with Crippen molar-refractivity contribution in [2.75, 3.05) is 44.2 Å². The highest BCUT2D eigenvalue weighted by Gasteiger charge is 2.26. The molecule has 1 unspecified atom stereocenters. The second-order valence-corrected chi connectivity index (χ2v) is 8.89. The molecule has 0 saturated carbocycles. The molecule has 1 atom stereocenters. The Balaban J connectivity index is 1.32. The smallest absolute Gasteiger partial charge is 0.119 e. The number of hydrogen-bond donors (Lipinski definition) is 1. The van der Waals surface area contributed by atoms with Gasteiger partial charge in [0.05, 0.1) is 0 Å². The SMILES string of the molecule is CC(O)(COc1ccc(-c2ccc(N3CCCCC3)cc2)cc1)CN1CCCC1. The lowest BCUT2D eigenvalue weighted by Gasteiger charge is -2.29. The molecule has 2 aromatic carbocycles. The molecule has 2 saturated heterocycles. The topological polar surface area (TPSA) is 35.9 Å². The number of aliphatic hydroxyl groups is 1. The fourth-order valence-corrected chi connectivity index (χ4v) is 4.47. The summed E-state index contributed by atoms with van der Waals surface area (Å²) >= 11 is 0. The molecule has 0 spiro atoms. The van der Waals surface area contributed by atoms with Crippen LogP contribution in [0.15, 0.2) is 48.5 Å². The van der Waals surface area contributed by atoms with Gasteiger partial charge in [-0.3, -0.25) is 0 Å². The van der Waals surface area contributed by atoms with E-state index in [4.69, 9.17) is 4.74 Å². The van der Waals surface area contributed by atoms with Gasteiger partial charge in [0.2, 0.25) is 0 Å². The van der Waals surface area contributed by atoms with Gasteiger partial charge in [-0.1, -0.05) is 24.3 Å². The second-order valence-electron chi connectivity index (χ2n) is 8.89. The van der Waals surface area contributed by atoms with E-state index >= 15 is 0 Å². The van der Waals surface area contributed by atoms with E-state index < -0.39 is 5.60 Å². The third-order valence-corrected chi connectivity index (χ3v) is 6.09. The first-order valence-corrected chi connectivity index (χ1v) is 11.1. The van der Waals surface area contributed by atoms with E-state index in [0.717, 1.165) is 18.8 Å². The van der Waals surface area contributed by atoms with Crippen molar-refractivity contribution in [1.29, 1.82) is 0 Å². The lowest BCUT2D eigenvalue weighted by Crippen LogP contribution is -2.44. The molecule has 0 radical (unpaired) electrons. The molecule has 0 amide bonds. The lowest BCUT2D eigenvalue weighted by molar-refractivity contribution is -0.0127. The quantitative estimate of drug-likeness (QED) is 0.746. The zero-order valence-corrected chi connectivity index (χ0v) is 17.6. The molecule has 4 rings (SSSR count). The van der Waals surface area contributed by atoms with E-state index in [1.807, 2.05) is 19.1 Å². The summed E-state index contributed by atoms with van der Waals surface area (Å²) in [6.45, 7) is 7.37. The number of benzene rings is 2. The van der Waals surface area contributed by atoms with Gasteiger partial charge in [-0.05, 0) is 87.5 Å². The molecule has 2 fully saturated rings. The van der Waals surface area contributed by atoms with Gasteiger partial charge in [-0.15, -0.1) is 0 Å². The van der Waals surface area contributed by atoms with E-state index in [0.29, 0.717) is 13.2 Å². The molecule has 29 heavy (non-hydrogen) atoms. The molecular weight excluding hydrogens is 360 g/mol. The number of anilines is 1. The molecule has 2 heterocycles. The highest BCUT2D eigenvalue weighted by Crippen LogP contribution is 2.27. The standard InChI is InChI=1S/C25H34N2O2/c1-25(28,19-26-15-5-6-16-26)20-29-24-13-9-22(10-14-24)21-7-11-23(12-8-21)27-17-3-2-4-18-27/h7-14,28H,2-6,15-20H2,1H3. The number of β-amino-alcohol motifs (C(OH)–C–C–N with tert-alkyl or cyclic N) is 1. The van der Waals surface area contributed by atoms with Crippen LogP contribution >= 0.6 is 0 Å². The molecule has 1 N–H and O–H groups in total. The fraction of sp³-hybridized carbons (Fsp3) is 0.520. The van der Waals surface area contributed by atoms with Crippen LogP contribution < -0.4 is 9.64 Å². The Morgan fingerprint density at radius 1 is 0.793 bits per heavy atom. The van der Waals surface area contributed by atoms with Gasteiger partial charge in [-0.2, -0.15) is 0 Å². The van der Waals surface area contributed by atoms with Crippen molar-refractivity contribution in [3.05, 3.63) is 48.5 Å². The van der Waals surface area contributed by atoms with Gasteiger partial charge in [-0.25, -0.2) is 0 Å². The van der Waals surface area contributed by atoms with Crippen LogP contribution in [0.1, 0.15) is 39.0 Å². The first kappa shape index (κ1) is 20.2. The van der Waals surface area contributed by atoms with Gasteiger partial charge >= 0.3 is 0 Å². The van der Waals surface area contributed by atoms with E-state index in [9.17, 15) is 5.11 Å². The summed E-state index contributed by atoms with van der Waals surface area (Å²) in [5.74, 6) is 0.806. The number of rotatable bonds is 7. The van der Waals surface area contributed by atoms with E-state index in [2.05, 4.69) is 46.2 Å². The maximum Gasteiger partial charge on any atom is 0.119 e. The van der Waals surface area contributed by atoms with Crippen LogP contribution in [0.3, 0.4) is 0 Å². The molecule has 0 aromatic heterocycles. The van der Waals surface area contributed by atoms with Crippen molar-refractivity contribution < 1.29 is 9.84 Å². The van der Waals surface area contributed by atoms with E-state index in [1.54, 1.807) is 0 Å². The van der Waals surface area contributed by atoms with Crippen LogP contribution in [0.5, 0.6) is 5.75 Å². The fourth-order valence-electron chi connectivity index (χ4n) is 4.47. The normalized spacial score (nSPS) is 19.9. The number of piperidine rings is 1. The third-order valence-electron chi connectivity index (χ3n) is 6.09. The summed E-state index contributed by atoms with van der Waals surface area (Å²) in [6, 6.07) is 17.1. The maximum atomic E-state index is 10.6. The largest absolute Gasteiger partial charge is 0.491 e. The first-order chi connectivity index (χ1) is 14.1. The molecule has 156 valence electrons. The average Bonchev–Trinajstić information content (AvgIpc) is 3.26. The van der Waals surface area contributed by atoms with Gasteiger partial charge in [0.1, 0.15) is 18.0 Å². The number of hydrogen-bond acceptors (Lipinski definition) is 4. The molecule has 4 heteroatoms. The molecule has 0 aliphatic carbocycles. The summed E-state index contributed by atoms with van der Waals surface area (Å²) in [6.07, 6.45) is 6.42. The second kappa shape index (κ2) is 9.19. The van der Waals surface area contributed by atoms with Gasteiger partial charge < -0.3 is 19.6 Å². The number of nitrogens with zero attached hydrogens (tertiary/aromatic N) is 2. The highest BCUT2D eigenvalue weighted by atomic mass is 16.5. The van der Waals surface area contributed by atoms with Gasteiger partial charge in [0.15, 0.2) is 0 Å². The Morgan fingerprint density at radius 2 is 1.34 bits per heavy atom. The van der Waals surface area contributed by atoms with E-state index in [1.165, 1.54) is 62.0 Å². The summed E-state index contributed by atoms with van der Waals surface area (Å²) in [7, 11) is 0. The van der Waals surface area contributed by atoms with Crippen molar-refractivity contribution >= 4 is 5.69 Å². The van der Waals surface area contributed by atoms with Crippen molar-refractivity contribution in [3.63, 3.8) is 0 Å². The molecule has 2 aromatic rings. The predicted molar refractivity (Wildman–Crippen MR) is 120 cm³/mol. The van der Waals surface area contributed by atoms with Crippen molar-refractivity contribution in [3.8, 4) is 16.9 Å². The van der Waals surface area contributed by atoms with E-state index in [-0.39, 0.29) is 0 Å². The summed E-state index contributed by atoms with van der Waals surface area (Å²) < 4.78 is 5.89. The Bertz CT molecular complexity index is 758. The average molecular weight is 395 g/mol. The summed E-state index contributed by atoms with van der Waals surface area (Å²) in [4.78, 5) is 4.80. The van der Waals surface area contributed by atoms with Crippen LogP contribution in [0.2, 0.25) is 0 Å². The van der Waals surface area contributed by atoms with Gasteiger partial charge in [0, 0.05) is 25.3 Å². The zero-order valence-electron chi connectivity index (χ0n) is 17.6. The lowest BCUT2D eigenvalue weighted by atomic mass is 10.0. The Labute approximate surface area is 175 Å². The first-order valence-electron chi connectivity index (χ1n) is 11.1. The summed E-state index contributed by atoms with van der Waals surface area (Å²) in [5, 5.41) is 10.6.